The number of piperazine rings is 1. The van der Waals surface area contributed by atoms with Gasteiger partial charge in [-0.25, -0.2) is 9.37 Å². The van der Waals surface area contributed by atoms with Crippen LogP contribution in [0.3, 0.4) is 0 Å². The number of benzene rings is 1. The molecule has 1 aromatic carbocycles. The van der Waals surface area contributed by atoms with E-state index in [0.717, 1.165) is 25.0 Å². The lowest BCUT2D eigenvalue weighted by Crippen LogP contribution is -2.50. The quantitative estimate of drug-likeness (QED) is 0.382. The number of pyridine rings is 2. The summed E-state index contributed by atoms with van der Waals surface area (Å²) in [6, 6.07) is 9.32. The number of hydrogen-bond acceptors (Lipinski definition) is 5. The summed E-state index contributed by atoms with van der Waals surface area (Å²) in [7, 11) is 0. The summed E-state index contributed by atoms with van der Waals surface area (Å²) in [5, 5.41) is 2.33. The third-order valence-electron chi connectivity index (χ3n) is 7.37. The number of alkyl halides is 3. The van der Waals surface area contributed by atoms with Crippen molar-refractivity contribution >= 4 is 22.4 Å². The highest BCUT2D eigenvalue weighted by molar-refractivity contribution is 5.92. The van der Waals surface area contributed by atoms with Crippen LogP contribution in [0.4, 0.5) is 27.6 Å². The van der Waals surface area contributed by atoms with Gasteiger partial charge in [-0.05, 0) is 48.9 Å². The van der Waals surface area contributed by atoms with Crippen LogP contribution in [0.15, 0.2) is 41.2 Å². The first kappa shape index (κ1) is 26.1. The first-order chi connectivity index (χ1) is 18.1. The molecule has 1 aliphatic carbocycles. The molecule has 5 rings (SSSR count). The van der Waals surface area contributed by atoms with Crippen LogP contribution in [0.5, 0.6) is 0 Å². The van der Waals surface area contributed by atoms with Crippen molar-refractivity contribution in [3.8, 4) is 0 Å². The molecule has 0 bridgehead atoms. The van der Waals surface area contributed by atoms with Crippen LogP contribution in [-0.4, -0.2) is 65.7 Å². The number of nitrogens with zero attached hydrogens (tertiary/aromatic N) is 3. The zero-order valence-electron chi connectivity index (χ0n) is 20.3. The average Bonchev–Trinajstić information content (AvgIpc) is 3.37. The van der Waals surface area contributed by atoms with Gasteiger partial charge in [-0.15, -0.1) is 0 Å². The fraction of sp³-hybridized carbons (Fsp3) is 0.423. The lowest BCUT2D eigenvalue weighted by atomic mass is 10.00. The monoisotopic (exact) mass is 535 g/mol. The van der Waals surface area contributed by atoms with Gasteiger partial charge in [-0.3, -0.25) is 14.5 Å². The Morgan fingerprint density at radius 2 is 1.84 bits per heavy atom. The summed E-state index contributed by atoms with van der Waals surface area (Å²) >= 11 is 0. The number of carbonyl (C=O) groups excluding carboxylic acids is 1. The highest BCUT2D eigenvalue weighted by Gasteiger charge is 2.33. The molecule has 3 aromatic rings. The number of carbonyl (C=O) groups is 1. The maximum atomic E-state index is 14.7. The number of amides is 1. The van der Waals surface area contributed by atoms with Crippen LogP contribution < -0.4 is 15.8 Å². The molecule has 7 nitrogen and oxygen atoms in total. The van der Waals surface area contributed by atoms with Crippen molar-refractivity contribution in [3.05, 3.63) is 69.9 Å². The standard InChI is InChI=1S/C26H26F5N5O2/c27-18-3-1-2-16-13-20(34-25(38)22(16)18)15-4-5-17(12-15)35-8-10-36(11-9-35)21-7-6-19(33-23(21)28)24(37)32-14-26(29,30)31/h1-3,6-7,13,15,17H,4-5,8-12,14H2,(H,32,37)(H,34,38). The number of anilines is 1. The summed E-state index contributed by atoms with van der Waals surface area (Å²) in [5.74, 6) is -2.39. The van der Waals surface area contributed by atoms with Crippen molar-refractivity contribution in [2.24, 2.45) is 0 Å². The van der Waals surface area contributed by atoms with Crippen LogP contribution in [0, 0.1) is 11.8 Å². The average molecular weight is 536 g/mol. The molecule has 2 aliphatic rings. The minimum atomic E-state index is -4.57. The fourth-order valence-corrected chi connectivity index (χ4v) is 5.48. The summed E-state index contributed by atoms with van der Waals surface area (Å²) < 4.78 is 65.6. The van der Waals surface area contributed by atoms with Gasteiger partial charge in [0.1, 0.15) is 18.1 Å². The van der Waals surface area contributed by atoms with Gasteiger partial charge >= 0.3 is 6.18 Å². The molecular formula is C26H26F5N5O2. The topological polar surface area (TPSA) is 81.3 Å². The minimum absolute atomic E-state index is 0.0682. The first-order valence-electron chi connectivity index (χ1n) is 12.4. The van der Waals surface area contributed by atoms with Gasteiger partial charge < -0.3 is 15.2 Å². The van der Waals surface area contributed by atoms with Gasteiger partial charge in [-0.2, -0.15) is 17.6 Å². The Morgan fingerprint density at radius 1 is 1.08 bits per heavy atom. The molecule has 1 saturated carbocycles. The SMILES string of the molecule is O=C(NCC(F)(F)F)c1ccc(N2CCN(C3CCC(c4cc5cccc(F)c5c(=O)[nH]4)C3)CC2)c(F)n1. The van der Waals surface area contributed by atoms with Crippen molar-refractivity contribution in [1.29, 1.82) is 0 Å². The Labute approximate surface area is 214 Å². The van der Waals surface area contributed by atoms with E-state index in [1.807, 2.05) is 6.07 Å². The van der Waals surface area contributed by atoms with Crippen molar-refractivity contribution in [3.63, 3.8) is 0 Å². The lowest BCUT2D eigenvalue weighted by Gasteiger charge is -2.39. The molecule has 2 N–H and O–H groups in total. The van der Waals surface area contributed by atoms with Crippen LogP contribution in [0.25, 0.3) is 10.8 Å². The molecule has 38 heavy (non-hydrogen) atoms. The van der Waals surface area contributed by atoms with E-state index in [9.17, 15) is 31.5 Å². The van der Waals surface area contributed by atoms with Gasteiger partial charge in [0.25, 0.3) is 11.5 Å². The molecule has 1 saturated heterocycles. The number of nitrogens with one attached hydrogen (secondary N) is 2. The van der Waals surface area contributed by atoms with Crippen LogP contribution >= 0.6 is 0 Å². The van der Waals surface area contributed by atoms with Gasteiger partial charge in [0.15, 0.2) is 0 Å². The van der Waals surface area contributed by atoms with Crippen LogP contribution in [0.2, 0.25) is 0 Å². The lowest BCUT2D eigenvalue weighted by molar-refractivity contribution is -0.123. The van der Waals surface area contributed by atoms with E-state index in [2.05, 4.69) is 14.9 Å². The van der Waals surface area contributed by atoms with E-state index in [1.54, 1.807) is 22.3 Å². The smallest absolute Gasteiger partial charge is 0.365 e. The number of rotatable bonds is 5. The Bertz CT molecular complexity index is 1400. The number of hydrogen-bond donors (Lipinski definition) is 2. The number of H-pyrrole nitrogens is 1. The van der Waals surface area contributed by atoms with E-state index in [-0.39, 0.29) is 23.0 Å². The van der Waals surface area contributed by atoms with Crippen molar-refractivity contribution in [1.82, 2.24) is 20.2 Å². The van der Waals surface area contributed by atoms with Crippen LogP contribution in [0.1, 0.15) is 41.4 Å². The third kappa shape index (κ3) is 5.50. The molecule has 12 heteroatoms. The molecule has 2 fully saturated rings. The largest absolute Gasteiger partial charge is 0.405 e. The number of fused-ring (bicyclic) bond motifs is 1. The predicted octanol–water partition coefficient (Wildman–Crippen LogP) is 3.95. The van der Waals surface area contributed by atoms with E-state index in [4.69, 9.17) is 0 Å². The highest BCUT2D eigenvalue weighted by atomic mass is 19.4. The Kier molecular flexibility index (Phi) is 7.08. The summed E-state index contributed by atoms with van der Waals surface area (Å²) in [6.45, 7) is 0.863. The maximum Gasteiger partial charge on any atom is 0.405 e. The van der Waals surface area contributed by atoms with E-state index in [1.165, 1.54) is 18.2 Å². The second-order valence-corrected chi connectivity index (χ2v) is 9.75. The molecule has 2 unspecified atom stereocenters. The van der Waals surface area contributed by atoms with E-state index in [0.29, 0.717) is 31.6 Å². The third-order valence-corrected chi connectivity index (χ3v) is 7.37. The second-order valence-electron chi connectivity index (χ2n) is 9.75. The predicted molar refractivity (Wildman–Crippen MR) is 131 cm³/mol. The molecule has 0 spiro atoms. The summed E-state index contributed by atoms with van der Waals surface area (Å²) in [5.41, 5.74) is 0.164. The maximum absolute atomic E-state index is 14.7. The molecule has 0 radical (unpaired) electrons. The Hall–Kier alpha value is -3.54. The molecule has 1 amide bonds. The number of aromatic nitrogens is 2. The van der Waals surface area contributed by atoms with Gasteiger partial charge in [0.2, 0.25) is 5.95 Å². The normalized spacial score (nSPS) is 20.7. The molecular weight excluding hydrogens is 509 g/mol. The number of aromatic amines is 1. The molecule has 202 valence electrons. The molecule has 2 aromatic heterocycles. The van der Waals surface area contributed by atoms with Crippen LogP contribution in [-0.2, 0) is 0 Å². The fourth-order valence-electron chi connectivity index (χ4n) is 5.48. The highest BCUT2D eigenvalue weighted by Crippen LogP contribution is 2.37. The second kappa shape index (κ2) is 10.3. The van der Waals surface area contributed by atoms with E-state index >= 15 is 0 Å². The molecule has 3 heterocycles. The van der Waals surface area contributed by atoms with Crippen molar-refractivity contribution < 1.29 is 26.7 Å². The summed E-state index contributed by atoms with van der Waals surface area (Å²) in [4.78, 5) is 34.9. The van der Waals surface area contributed by atoms with Gasteiger partial charge in [-0.1, -0.05) is 12.1 Å². The molecule has 1 aliphatic heterocycles. The summed E-state index contributed by atoms with van der Waals surface area (Å²) in [6.07, 6.45) is -1.91. The van der Waals surface area contributed by atoms with E-state index < -0.39 is 41.6 Å². The zero-order valence-corrected chi connectivity index (χ0v) is 20.3. The Balaban J connectivity index is 1.18. The van der Waals surface area contributed by atoms with Crippen molar-refractivity contribution in [2.45, 2.75) is 37.4 Å². The van der Waals surface area contributed by atoms with Crippen molar-refractivity contribution in [2.75, 3.05) is 37.6 Å². The molecule has 2 atom stereocenters. The minimum Gasteiger partial charge on any atom is -0.365 e. The van der Waals surface area contributed by atoms with Gasteiger partial charge in [0.05, 0.1) is 11.1 Å². The Morgan fingerprint density at radius 3 is 2.55 bits per heavy atom. The first-order valence-corrected chi connectivity index (χ1v) is 12.4. The number of halogens is 5. The van der Waals surface area contributed by atoms with Gasteiger partial charge in [0, 0.05) is 43.8 Å². The zero-order chi connectivity index (χ0) is 27.0.